The van der Waals surface area contributed by atoms with Crippen LogP contribution in [0.25, 0.3) is 0 Å². The summed E-state index contributed by atoms with van der Waals surface area (Å²) in [6.07, 6.45) is 6.96. The maximum Gasteiger partial charge on any atom is 0.160 e. The molecular formula is C16H28O3. The lowest BCUT2D eigenvalue weighted by atomic mass is 9.65. The molecule has 2 aliphatic carbocycles. The monoisotopic (exact) mass is 268 g/mol. The first kappa shape index (κ1) is 15.0. The Morgan fingerprint density at radius 2 is 1.79 bits per heavy atom. The van der Waals surface area contributed by atoms with Crippen molar-refractivity contribution in [2.45, 2.75) is 78.1 Å². The van der Waals surface area contributed by atoms with E-state index in [2.05, 4.69) is 13.8 Å². The highest BCUT2D eigenvalue weighted by atomic mass is 16.5. The molecule has 0 saturated heterocycles. The molecule has 2 saturated carbocycles. The van der Waals surface area contributed by atoms with Gasteiger partial charge in [-0.2, -0.15) is 0 Å². The van der Waals surface area contributed by atoms with Gasteiger partial charge in [0.15, 0.2) is 5.78 Å². The van der Waals surface area contributed by atoms with Crippen LogP contribution in [0.3, 0.4) is 0 Å². The van der Waals surface area contributed by atoms with Gasteiger partial charge < -0.3 is 9.47 Å². The molecular weight excluding hydrogens is 240 g/mol. The van der Waals surface area contributed by atoms with Gasteiger partial charge in [0.05, 0.1) is 18.3 Å². The van der Waals surface area contributed by atoms with Crippen LogP contribution in [0.4, 0.5) is 0 Å². The van der Waals surface area contributed by atoms with E-state index >= 15 is 0 Å². The lowest BCUT2D eigenvalue weighted by molar-refractivity contribution is -0.136. The standard InChI is InChI=1S/C16H28O3/c1-11(2)15(17)10-18-14-8-16(9-14)6-5-13(7-16)19-12(3)4/h11-14H,5-10H2,1-4H3. The highest BCUT2D eigenvalue weighted by Gasteiger charge is 2.49. The van der Waals surface area contributed by atoms with Gasteiger partial charge >= 0.3 is 0 Å². The van der Waals surface area contributed by atoms with Crippen molar-refractivity contribution in [3.63, 3.8) is 0 Å². The van der Waals surface area contributed by atoms with E-state index in [4.69, 9.17) is 9.47 Å². The van der Waals surface area contributed by atoms with Crippen LogP contribution >= 0.6 is 0 Å². The Morgan fingerprint density at radius 1 is 1.16 bits per heavy atom. The van der Waals surface area contributed by atoms with Gasteiger partial charge in [0.2, 0.25) is 0 Å². The largest absolute Gasteiger partial charge is 0.376 e. The molecule has 1 spiro atoms. The van der Waals surface area contributed by atoms with Crippen LogP contribution in [-0.4, -0.2) is 30.7 Å². The van der Waals surface area contributed by atoms with E-state index in [1.807, 2.05) is 13.8 Å². The molecule has 0 aromatic rings. The minimum absolute atomic E-state index is 0.0874. The fourth-order valence-corrected chi connectivity index (χ4v) is 3.42. The van der Waals surface area contributed by atoms with Crippen LogP contribution in [0, 0.1) is 11.3 Å². The number of ketones is 1. The second kappa shape index (κ2) is 5.92. The summed E-state index contributed by atoms with van der Waals surface area (Å²) in [5.41, 5.74) is 0.463. The van der Waals surface area contributed by atoms with Gasteiger partial charge in [-0.25, -0.2) is 0 Å². The summed E-state index contributed by atoms with van der Waals surface area (Å²) in [4.78, 5) is 11.5. The predicted molar refractivity (Wildman–Crippen MR) is 75.1 cm³/mol. The molecule has 2 fully saturated rings. The van der Waals surface area contributed by atoms with E-state index in [9.17, 15) is 4.79 Å². The lowest BCUT2D eigenvalue weighted by Gasteiger charge is -2.45. The van der Waals surface area contributed by atoms with Gasteiger partial charge in [-0.3, -0.25) is 4.79 Å². The molecule has 3 heteroatoms. The third-order valence-electron chi connectivity index (χ3n) is 4.55. The average Bonchev–Trinajstić information content (AvgIpc) is 2.67. The topological polar surface area (TPSA) is 35.5 Å². The number of carbonyl (C=O) groups excluding carboxylic acids is 1. The Bertz CT molecular complexity index is 316. The lowest BCUT2D eigenvalue weighted by Crippen LogP contribution is -2.42. The van der Waals surface area contributed by atoms with Gasteiger partial charge in [-0.1, -0.05) is 13.8 Å². The van der Waals surface area contributed by atoms with Crippen molar-refractivity contribution in [1.29, 1.82) is 0 Å². The smallest absolute Gasteiger partial charge is 0.160 e. The maximum atomic E-state index is 11.5. The number of carbonyl (C=O) groups is 1. The fraction of sp³-hybridized carbons (Fsp3) is 0.938. The summed E-state index contributed by atoms with van der Waals surface area (Å²) in [7, 11) is 0. The SMILES string of the molecule is CC(C)OC1CCC2(CC(OCC(=O)C(C)C)C2)C1. The van der Waals surface area contributed by atoms with Crippen LogP contribution in [0.2, 0.25) is 0 Å². The van der Waals surface area contributed by atoms with E-state index in [1.54, 1.807) is 0 Å². The summed E-state index contributed by atoms with van der Waals surface area (Å²) in [5, 5.41) is 0. The molecule has 0 aliphatic heterocycles. The molecule has 110 valence electrons. The zero-order valence-electron chi connectivity index (χ0n) is 12.8. The molecule has 3 nitrogen and oxygen atoms in total. The van der Waals surface area contributed by atoms with Crippen molar-refractivity contribution >= 4 is 5.78 Å². The minimum atomic E-state index is 0.0874. The summed E-state index contributed by atoms with van der Waals surface area (Å²) in [6, 6.07) is 0. The molecule has 0 aromatic carbocycles. The number of hydrogen-bond acceptors (Lipinski definition) is 3. The van der Waals surface area contributed by atoms with Gasteiger partial charge in [0.25, 0.3) is 0 Å². The third-order valence-corrected chi connectivity index (χ3v) is 4.55. The molecule has 1 unspecified atom stereocenters. The average molecular weight is 268 g/mol. The molecule has 0 N–H and O–H groups in total. The molecule has 0 heterocycles. The van der Waals surface area contributed by atoms with Crippen LogP contribution in [0.1, 0.15) is 59.8 Å². The molecule has 0 aromatic heterocycles. The Hall–Kier alpha value is -0.410. The van der Waals surface area contributed by atoms with Crippen LogP contribution in [0.15, 0.2) is 0 Å². The van der Waals surface area contributed by atoms with Gasteiger partial charge in [0, 0.05) is 5.92 Å². The van der Waals surface area contributed by atoms with Crippen molar-refractivity contribution in [3.8, 4) is 0 Å². The number of hydrogen-bond donors (Lipinski definition) is 0. The Balaban J connectivity index is 1.67. The van der Waals surface area contributed by atoms with Crippen LogP contribution in [-0.2, 0) is 14.3 Å². The Morgan fingerprint density at radius 3 is 2.37 bits per heavy atom. The summed E-state index contributed by atoms with van der Waals surface area (Å²) < 4.78 is 11.6. The summed E-state index contributed by atoms with van der Waals surface area (Å²) >= 11 is 0. The molecule has 0 bridgehead atoms. The maximum absolute atomic E-state index is 11.5. The highest BCUT2D eigenvalue weighted by Crippen LogP contribution is 2.54. The Labute approximate surface area is 117 Å². The van der Waals surface area contributed by atoms with Crippen molar-refractivity contribution in [2.24, 2.45) is 11.3 Å². The second-order valence-electron chi connectivity index (χ2n) is 7.01. The van der Waals surface area contributed by atoms with Crippen molar-refractivity contribution in [3.05, 3.63) is 0 Å². The first-order valence-electron chi connectivity index (χ1n) is 7.70. The summed E-state index contributed by atoms with van der Waals surface area (Å²) in [6.45, 7) is 8.37. The molecule has 1 atom stereocenters. The molecule has 2 aliphatic rings. The zero-order valence-corrected chi connectivity index (χ0v) is 12.8. The van der Waals surface area contributed by atoms with Gasteiger partial charge in [-0.15, -0.1) is 0 Å². The van der Waals surface area contributed by atoms with Gasteiger partial charge in [0.1, 0.15) is 6.61 Å². The Kier molecular flexibility index (Phi) is 4.67. The highest BCUT2D eigenvalue weighted by molar-refractivity contribution is 5.81. The normalized spacial score (nSPS) is 34.2. The van der Waals surface area contributed by atoms with Crippen LogP contribution < -0.4 is 0 Å². The molecule has 2 rings (SSSR count). The quantitative estimate of drug-likeness (QED) is 0.741. The number of Topliss-reactive ketones (excluding diaryl/α,β-unsaturated/α-hetero) is 1. The van der Waals surface area contributed by atoms with E-state index < -0.39 is 0 Å². The molecule has 0 amide bonds. The molecule has 0 radical (unpaired) electrons. The fourth-order valence-electron chi connectivity index (χ4n) is 3.42. The first-order valence-corrected chi connectivity index (χ1v) is 7.70. The van der Waals surface area contributed by atoms with Crippen molar-refractivity contribution in [2.75, 3.05) is 6.61 Å². The minimum Gasteiger partial charge on any atom is -0.376 e. The zero-order chi connectivity index (χ0) is 14.0. The number of rotatable bonds is 6. The second-order valence-corrected chi connectivity index (χ2v) is 7.01. The first-order chi connectivity index (χ1) is 8.90. The van der Waals surface area contributed by atoms with Crippen LogP contribution in [0.5, 0.6) is 0 Å². The van der Waals surface area contributed by atoms with E-state index in [-0.39, 0.29) is 11.7 Å². The predicted octanol–water partition coefficient (Wildman–Crippen LogP) is 3.35. The number of ether oxygens (including phenoxy) is 2. The summed E-state index contributed by atoms with van der Waals surface area (Å²) in [5.74, 6) is 0.303. The van der Waals surface area contributed by atoms with Gasteiger partial charge in [-0.05, 0) is 51.4 Å². The van der Waals surface area contributed by atoms with Crippen molar-refractivity contribution < 1.29 is 14.3 Å². The van der Waals surface area contributed by atoms with E-state index in [1.165, 1.54) is 19.3 Å². The van der Waals surface area contributed by atoms with Crippen molar-refractivity contribution in [1.82, 2.24) is 0 Å². The molecule has 19 heavy (non-hydrogen) atoms. The third kappa shape index (κ3) is 3.79. The van der Waals surface area contributed by atoms with E-state index in [0.717, 1.165) is 12.8 Å². The van der Waals surface area contributed by atoms with E-state index in [0.29, 0.717) is 30.3 Å².